The van der Waals surface area contributed by atoms with Crippen molar-refractivity contribution in [2.24, 2.45) is 0 Å². The molecule has 0 bridgehead atoms. The minimum atomic E-state index is 1.12. The van der Waals surface area contributed by atoms with Gasteiger partial charge in [0.2, 0.25) is 0 Å². The molecule has 9 aromatic carbocycles. The molecule has 2 aromatic heterocycles. The molecular formula is C52H34N2S2. The SMILES string of the molecule is c1ccc(N(c2ccccc2)c2cccc3c2sc2cc(N(c4ccc(-c5cccc6ccccc56)cc4)c4ccc5c(c4)sc4ccccc45)ccc23)cc1. The first-order valence-electron chi connectivity index (χ1n) is 18.9. The molecule has 0 unspecified atom stereocenters. The van der Waals surface area contributed by atoms with Crippen LogP contribution in [0.5, 0.6) is 0 Å². The Hall–Kier alpha value is -6.72. The van der Waals surface area contributed by atoms with Gasteiger partial charge in [-0.25, -0.2) is 0 Å². The first-order chi connectivity index (χ1) is 27.8. The Morgan fingerprint density at radius 3 is 1.55 bits per heavy atom. The van der Waals surface area contributed by atoms with Crippen LogP contribution in [-0.4, -0.2) is 0 Å². The molecule has 4 heteroatoms. The van der Waals surface area contributed by atoms with Crippen molar-refractivity contribution >= 4 is 108 Å². The summed E-state index contributed by atoms with van der Waals surface area (Å²) in [6.45, 7) is 0. The fourth-order valence-electron chi connectivity index (χ4n) is 8.24. The third kappa shape index (κ3) is 5.53. The molecule has 0 atom stereocenters. The normalized spacial score (nSPS) is 11.6. The molecule has 0 spiro atoms. The Kier molecular flexibility index (Phi) is 7.90. The summed E-state index contributed by atoms with van der Waals surface area (Å²) in [6, 6.07) is 75.0. The summed E-state index contributed by atoms with van der Waals surface area (Å²) < 4.78 is 5.13. The molecular weight excluding hydrogens is 717 g/mol. The summed E-state index contributed by atoms with van der Waals surface area (Å²) in [7, 11) is 0. The van der Waals surface area contributed by atoms with Crippen molar-refractivity contribution in [3.8, 4) is 11.1 Å². The molecule has 56 heavy (non-hydrogen) atoms. The lowest BCUT2D eigenvalue weighted by atomic mass is 9.98. The van der Waals surface area contributed by atoms with Crippen LogP contribution >= 0.6 is 22.7 Å². The van der Waals surface area contributed by atoms with Crippen molar-refractivity contribution in [1.82, 2.24) is 0 Å². The van der Waals surface area contributed by atoms with Crippen molar-refractivity contribution in [3.63, 3.8) is 0 Å². The van der Waals surface area contributed by atoms with Crippen LogP contribution in [0, 0.1) is 0 Å². The van der Waals surface area contributed by atoms with E-state index < -0.39 is 0 Å². The zero-order valence-electron chi connectivity index (χ0n) is 30.3. The Morgan fingerprint density at radius 1 is 0.304 bits per heavy atom. The summed E-state index contributed by atoms with van der Waals surface area (Å²) in [5.74, 6) is 0. The third-order valence-electron chi connectivity index (χ3n) is 10.8. The second-order valence-electron chi connectivity index (χ2n) is 14.1. The van der Waals surface area contributed by atoms with Crippen LogP contribution in [0.25, 0.3) is 62.2 Å². The van der Waals surface area contributed by atoms with E-state index in [9.17, 15) is 0 Å². The highest BCUT2D eigenvalue weighted by molar-refractivity contribution is 7.26. The molecule has 0 aliphatic carbocycles. The molecule has 0 fully saturated rings. The van der Waals surface area contributed by atoms with Crippen molar-refractivity contribution in [1.29, 1.82) is 0 Å². The molecule has 0 radical (unpaired) electrons. The number of para-hydroxylation sites is 2. The second-order valence-corrected chi connectivity index (χ2v) is 16.3. The highest BCUT2D eigenvalue weighted by Crippen LogP contribution is 2.47. The summed E-state index contributed by atoms with van der Waals surface area (Å²) in [5, 5.41) is 7.67. The van der Waals surface area contributed by atoms with E-state index in [0.29, 0.717) is 0 Å². The van der Waals surface area contributed by atoms with E-state index >= 15 is 0 Å². The maximum Gasteiger partial charge on any atom is 0.0640 e. The molecule has 11 aromatic rings. The predicted octanol–water partition coefficient (Wildman–Crippen LogP) is 16.2. The van der Waals surface area contributed by atoms with Gasteiger partial charge < -0.3 is 9.80 Å². The van der Waals surface area contributed by atoms with Crippen LogP contribution in [0.2, 0.25) is 0 Å². The zero-order chi connectivity index (χ0) is 37.0. The second kappa shape index (κ2) is 13.5. The molecule has 0 amide bonds. The molecule has 0 saturated carbocycles. The summed E-state index contributed by atoms with van der Waals surface area (Å²) in [6.07, 6.45) is 0. The largest absolute Gasteiger partial charge is 0.310 e. The van der Waals surface area contributed by atoms with Crippen LogP contribution in [0.1, 0.15) is 0 Å². The first-order valence-corrected chi connectivity index (χ1v) is 20.6. The number of rotatable bonds is 7. The Balaban J connectivity index is 1.07. The summed E-state index contributed by atoms with van der Waals surface area (Å²) in [5.41, 5.74) is 9.30. The van der Waals surface area contributed by atoms with Crippen LogP contribution in [0.15, 0.2) is 206 Å². The lowest BCUT2D eigenvalue weighted by Gasteiger charge is -2.26. The minimum absolute atomic E-state index is 1.12. The lowest BCUT2D eigenvalue weighted by Crippen LogP contribution is -2.09. The van der Waals surface area contributed by atoms with Crippen LogP contribution in [-0.2, 0) is 0 Å². The summed E-state index contributed by atoms with van der Waals surface area (Å²) >= 11 is 3.73. The molecule has 264 valence electrons. The van der Waals surface area contributed by atoms with E-state index in [1.165, 1.54) is 67.9 Å². The quantitative estimate of drug-likeness (QED) is 0.160. The maximum atomic E-state index is 2.42. The molecule has 0 aliphatic rings. The van der Waals surface area contributed by atoms with Crippen molar-refractivity contribution in [2.45, 2.75) is 0 Å². The Morgan fingerprint density at radius 2 is 0.821 bits per heavy atom. The first kappa shape index (κ1) is 32.7. The third-order valence-corrected chi connectivity index (χ3v) is 13.2. The van der Waals surface area contributed by atoms with E-state index in [1.807, 2.05) is 22.7 Å². The number of anilines is 6. The fraction of sp³-hybridized carbons (Fsp3) is 0. The van der Waals surface area contributed by atoms with E-state index in [-0.39, 0.29) is 0 Å². The van der Waals surface area contributed by atoms with Gasteiger partial charge in [0.15, 0.2) is 0 Å². The summed E-state index contributed by atoms with van der Waals surface area (Å²) in [4.78, 5) is 4.80. The number of thiophene rings is 2. The van der Waals surface area contributed by atoms with E-state index in [4.69, 9.17) is 0 Å². The van der Waals surface area contributed by atoms with Gasteiger partial charge in [0.25, 0.3) is 0 Å². The molecule has 0 saturated heterocycles. The van der Waals surface area contributed by atoms with Gasteiger partial charge in [-0.05, 0) is 94.7 Å². The van der Waals surface area contributed by atoms with Crippen LogP contribution < -0.4 is 9.80 Å². The highest BCUT2D eigenvalue weighted by Gasteiger charge is 2.20. The minimum Gasteiger partial charge on any atom is -0.310 e. The monoisotopic (exact) mass is 750 g/mol. The van der Waals surface area contributed by atoms with Gasteiger partial charge in [0.05, 0.1) is 10.4 Å². The van der Waals surface area contributed by atoms with Gasteiger partial charge in [-0.15, -0.1) is 22.7 Å². The molecule has 11 rings (SSSR count). The number of benzene rings is 9. The number of fused-ring (bicyclic) bond motifs is 7. The molecule has 0 aliphatic heterocycles. The van der Waals surface area contributed by atoms with Crippen LogP contribution in [0.3, 0.4) is 0 Å². The van der Waals surface area contributed by atoms with Gasteiger partial charge in [-0.2, -0.15) is 0 Å². The van der Waals surface area contributed by atoms with E-state index in [2.05, 4.69) is 216 Å². The van der Waals surface area contributed by atoms with E-state index in [1.54, 1.807) is 0 Å². The molecule has 0 N–H and O–H groups in total. The Labute approximate surface area is 333 Å². The van der Waals surface area contributed by atoms with Crippen molar-refractivity contribution in [2.75, 3.05) is 9.80 Å². The van der Waals surface area contributed by atoms with Crippen molar-refractivity contribution in [3.05, 3.63) is 206 Å². The smallest absolute Gasteiger partial charge is 0.0640 e. The van der Waals surface area contributed by atoms with Crippen molar-refractivity contribution < 1.29 is 0 Å². The lowest BCUT2D eigenvalue weighted by molar-refractivity contribution is 1.30. The number of hydrogen-bond acceptors (Lipinski definition) is 4. The van der Waals surface area contributed by atoms with E-state index in [0.717, 1.165) is 28.4 Å². The average molecular weight is 751 g/mol. The molecule has 2 nitrogen and oxygen atoms in total. The number of hydrogen-bond donors (Lipinski definition) is 0. The fourth-order valence-corrected chi connectivity index (χ4v) is 10.6. The standard InChI is InChI=1S/C52H34N2S2/c1-3-15-37(16-4-1)54(38-17-5-2-6-18-38)48-23-12-22-47-46-32-30-41(34-51(46)56-52(47)48)53(40-29-31-45-44-20-9-10-24-49(44)55-50(45)33-40)39-27-25-36(26-28-39)43-21-11-14-35-13-7-8-19-42(35)43/h1-34H. The maximum absolute atomic E-state index is 2.42. The molecule has 2 heterocycles. The highest BCUT2D eigenvalue weighted by atomic mass is 32.1. The van der Waals surface area contributed by atoms with Gasteiger partial charge in [0, 0.05) is 64.1 Å². The van der Waals surface area contributed by atoms with Gasteiger partial charge in [-0.1, -0.05) is 133 Å². The van der Waals surface area contributed by atoms with Gasteiger partial charge in [0.1, 0.15) is 0 Å². The van der Waals surface area contributed by atoms with Gasteiger partial charge in [-0.3, -0.25) is 0 Å². The van der Waals surface area contributed by atoms with Gasteiger partial charge >= 0.3 is 0 Å². The number of nitrogens with zero attached hydrogens (tertiary/aromatic N) is 2. The topological polar surface area (TPSA) is 6.48 Å². The Bertz CT molecular complexity index is 3160. The van der Waals surface area contributed by atoms with Crippen LogP contribution in [0.4, 0.5) is 34.1 Å². The average Bonchev–Trinajstić information content (AvgIpc) is 3.83. The zero-order valence-corrected chi connectivity index (χ0v) is 32.0. The predicted molar refractivity (Wildman–Crippen MR) is 245 cm³/mol.